The number of nitrogens with zero attached hydrogens (tertiary/aromatic N) is 2. The van der Waals surface area contributed by atoms with E-state index in [4.69, 9.17) is 9.15 Å². The number of hydrogen-bond acceptors (Lipinski definition) is 4. The highest BCUT2D eigenvalue weighted by atomic mass is 16.5. The fourth-order valence-corrected chi connectivity index (χ4v) is 3.22. The molecule has 3 rings (SSSR count). The highest BCUT2D eigenvalue weighted by molar-refractivity contribution is 5.95. The molecular weight excluding hydrogens is 318 g/mol. The van der Waals surface area contributed by atoms with Gasteiger partial charge in [0.1, 0.15) is 5.76 Å². The van der Waals surface area contributed by atoms with Gasteiger partial charge in [0.2, 0.25) is 0 Å². The number of ether oxygens (including phenoxy) is 1. The lowest BCUT2D eigenvalue weighted by Crippen LogP contribution is -2.25. The summed E-state index contributed by atoms with van der Waals surface area (Å²) in [7, 11) is 0. The molecule has 0 aliphatic heterocycles. The van der Waals surface area contributed by atoms with Gasteiger partial charge in [-0.1, -0.05) is 0 Å². The number of aryl methyl sites for hydroxylation is 3. The number of amides is 1. The first-order valence-corrected chi connectivity index (χ1v) is 9.10. The highest BCUT2D eigenvalue weighted by Gasteiger charge is 2.29. The van der Waals surface area contributed by atoms with E-state index in [-0.39, 0.29) is 12.0 Å². The first kappa shape index (κ1) is 17.7. The second-order valence-corrected chi connectivity index (χ2v) is 6.74. The number of furan rings is 1. The standard InChI is InChI=1S/C19H27N3O3/c1-5-22-11-14-7-8-15-16(17(14)21-22)13(4)18(25-15)19(23)20-9-6-10-24-12(2)3/h11-12H,5-10H2,1-4H3,(H,20,23). The molecule has 0 saturated carbocycles. The molecule has 1 aliphatic carbocycles. The molecule has 0 atom stereocenters. The van der Waals surface area contributed by atoms with E-state index in [1.807, 2.05) is 25.5 Å². The van der Waals surface area contributed by atoms with Crippen LogP contribution in [0.5, 0.6) is 0 Å². The average Bonchev–Trinajstić information content (AvgIpc) is 3.14. The van der Waals surface area contributed by atoms with Crippen LogP contribution in [0.2, 0.25) is 0 Å². The summed E-state index contributed by atoms with van der Waals surface area (Å²) in [5, 5.41) is 7.58. The molecule has 2 heterocycles. The summed E-state index contributed by atoms with van der Waals surface area (Å²) < 4.78 is 13.3. The van der Waals surface area contributed by atoms with Gasteiger partial charge in [-0.15, -0.1) is 0 Å². The predicted molar refractivity (Wildman–Crippen MR) is 95.8 cm³/mol. The Kier molecular flexibility index (Phi) is 5.27. The van der Waals surface area contributed by atoms with Gasteiger partial charge in [-0.2, -0.15) is 5.10 Å². The number of rotatable bonds is 7. The van der Waals surface area contributed by atoms with E-state index in [9.17, 15) is 4.79 Å². The van der Waals surface area contributed by atoms with Crippen LogP contribution in [0, 0.1) is 6.92 Å². The summed E-state index contributed by atoms with van der Waals surface area (Å²) >= 11 is 0. The summed E-state index contributed by atoms with van der Waals surface area (Å²) in [6.07, 6.45) is 4.82. The van der Waals surface area contributed by atoms with Crippen molar-refractivity contribution in [1.82, 2.24) is 15.1 Å². The summed E-state index contributed by atoms with van der Waals surface area (Å²) in [5.41, 5.74) is 4.08. The fourth-order valence-electron chi connectivity index (χ4n) is 3.22. The minimum absolute atomic E-state index is 0.159. The van der Waals surface area contributed by atoms with Gasteiger partial charge in [-0.3, -0.25) is 9.48 Å². The lowest BCUT2D eigenvalue weighted by molar-refractivity contribution is 0.0753. The molecule has 136 valence electrons. The van der Waals surface area contributed by atoms with Gasteiger partial charge in [-0.25, -0.2) is 0 Å². The second kappa shape index (κ2) is 7.44. The molecule has 0 saturated heterocycles. The van der Waals surface area contributed by atoms with Crippen LogP contribution in [0.4, 0.5) is 0 Å². The molecule has 2 aromatic rings. The normalized spacial score (nSPS) is 13.0. The first-order valence-electron chi connectivity index (χ1n) is 9.10. The van der Waals surface area contributed by atoms with Crippen LogP contribution in [0.25, 0.3) is 11.3 Å². The quantitative estimate of drug-likeness (QED) is 0.783. The maximum Gasteiger partial charge on any atom is 0.287 e. The van der Waals surface area contributed by atoms with E-state index in [0.29, 0.717) is 18.9 Å². The Bertz CT molecular complexity index is 758. The van der Waals surface area contributed by atoms with E-state index in [0.717, 1.165) is 48.4 Å². The lowest BCUT2D eigenvalue weighted by atomic mass is 9.93. The van der Waals surface area contributed by atoms with E-state index in [2.05, 4.69) is 23.5 Å². The number of fused-ring (bicyclic) bond motifs is 3. The first-order chi connectivity index (χ1) is 12.0. The van der Waals surface area contributed by atoms with Crippen molar-refractivity contribution in [2.45, 2.75) is 59.6 Å². The molecule has 1 aliphatic rings. The Morgan fingerprint density at radius 2 is 2.24 bits per heavy atom. The summed E-state index contributed by atoms with van der Waals surface area (Å²) in [6.45, 7) is 10.1. The smallest absolute Gasteiger partial charge is 0.287 e. The molecule has 6 nitrogen and oxygen atoms in total. The Morgan fingerprint density at radius 3 is 2.96 bits per heavy atom. The summed E-state index contributed by atoms with van der Waals surface area (Å²) in [5.74, 6) is 1.13. The third-order valence-corrected chi connectivity index (χ3v) is 4.50. The van der Waals surface area contributed by atoms with E-state index in [1.54, 1.807) is 0 Å². The van der Waals surface area contributed by atoms with Crippen LogP contribution < -0.4 is 5.32 Å². The molecule has 0 aromatic carbocycles. The van der Waals surface area contributed by atoms with E-state index in [1.165, 1.54) is 5.56 Å². The van der Waals surface area contributed by atoms with Gasteiger partial charge in [0, 0.05) is 43.4 Å². The Morgan fingerprint density at radius 1 is 1.44 bits per heavy atom. The van der Waals surface area contributed by atoms with Crippen molar-refractivity contribution in [3.8, 4) is 11.3 Å². The van der Waals surface area contributed by atoms with Crippen LogP contribution in [0.1, 0.15) is 54.6 Å². The Balaban J connectivity index is 1.71. The van der Waals surface area contributed by atoms with Crippen molar-refractivity contribution in [3.63, 3.8) is 0 Å². The van der Waals surface area contributed by atoms with Crippen molar-refractivity contribution in [3.05, 3.63) is 28.8 Å². The van der Waals surface area contributed by atoms with Crippen LogP contribution >= 0.6 is 0 Å². The zero-order valence-electron chi connectivity index (χ0n) is 15.5. The maximum atomic E-state index is 12.5. The molecule has 0 fully saturated rings. The van der Waals surface area contributed by atoms with Crippen LogP contribution in [0.3, 0.4) is 0 Å². The van der Waals surface area contributed by atoms with Crippen LogP contribution in [0.15, 0.2) is 10.6 Å². The molecule has 25 heavy (non-hydrogen) atoms. The van der Waals surface area contributed by atoms with Gasteiger partial charge in [-0.05, 0) is 46.1 Å². The number of aromatic nitrogens is 2. The molecule has 6 heteroatoms. The minimum atomic E-state index is -0.159. The second-order valence-electron chi connectivity index (χ2n) is 6.74. The molecule has 2 aromatic heterocycles. The number of hydrogen-bond donors (Lipinski definition) is 1. The Hall–Kier alpha value is -2.08. The molecule has 1 N–H and O–H groups in total. The number of carbonyl (C=O) groups excluding carboxylic acids is 1. The zero-order valence-corrected chi connectivity index (χ0v) is 15.5. The number of carbonyl (C=O) groups is 1. The topological polar surface area (TPSA) is 69.3 Å². The molecule has 0 spiro atoms. The van der Waals surface area contributed by atoms with Crippen molar-refractivity contribution in [2.75, 3.05) is 13.2 Å². The van der Waals surface area contributed by atoms with Gasteiger partial charge in [0.05, 0.1) is 11.8 Å². The Labute approximate surface area is 148 Å². The van der Waals surface area contributed by atoms with E-state index >= 15 is 0 Å². The molecular formula is C19H27N3O3. The summed E-state index contributed by atoms with van der Waals surface area (Å²) in [6, 6.07) is 0. The van der Waals surface area contributed by atoms with Crippen molar-refractivity contribution < 1.29 is 13.9 Å². The van der Waals surface area contributed by atoms with Crippen molar-refractivity contribution in [2.24, 2.45) is 0 Å². The van der Waals surface area contributed by atoms with Gasteiger partial charge < -0.3 is 14.5 Å². The lowest BCUT2D eigenvalue weighted by Gasteiger charge is -2.09. The fraction of sp³-hybridized carbons (Fsp3) is 0.579. The zero-order chi connectivity index (χ0) is 18.0. The van der Waals surface area contributed by atoms with Crippen LogP contribution in [-0.2, 0) is 24.1 Å². The largest absolute Gasteiger partial charge is 0.455 e. The van der Waals surface area contributed by atoms with Gasteiger partial charge >= 0.3 is 0 Å². The van der Waals surface area contributed by atoms with Crippen molar-refractivity contribution in [1.29, 1.82) is 0 Å². The van der Waals surface area contributed by atoms with Crippen molar-refractivity contribution >= 4 is 5.91 Å². The monoisotopic (exact) mass is 345 g/mol. The molecule has 0 unspecified atom stereocenters. The van der Waals surface area contributed by atoms with E-state index < -0.39 is 0 Å². The molecule has 0 radical (unpaired) electrons. The predicted octanol–water partition coefficient (Wildman–Crippen LogP) is 3.11. The SMILES string of the molecule is CCn1cc2c(n1)-c1c(oc(C(=O)NCCCOC(C)C)c1C)CC2. The average molecular weight is 345 g/mol. The summed E-state index contributed by atoms with van der Waals surface area (Å²) in [4.78, 5) is 12.5. The number of nitrogens with one attached hydrogen (secondary N) is 1. The third kappa shape index (κ3) is 3.63. The van der Waals surface area contributed by atoms with Crippen LogP contribution in [-0.4, -0.2) is 34.9 Å². The van der Waals surface area contributed by atoms with Gasteiger partial charge in [0.15, 0.2) is 5.76 Å². The molecule has 1 amide bonds. The maximum absolute atomic E-state index is 12.5. The third-order valence-electron chi connectivity index (χ3n) is 4.50. The molecule has 0 bridgehead atoms. The van der Waals surface area contributed by atoms with Gasteiger partial charge in [0.25, 0.3) is 5.91 Å². The minimum Gasteiger partial charge on any atom is -0.455 e. The highest BCUT2D eigenvalue weighted by Crippen LogP contribution is 2.38.